The van der Waals surface area contributed by atoms with Gasteiger partial charge >= 0.3 is 5.97 Å². The molecule has 0 unspecified atom stereocenters. The second-order valence-electron chi connectivity index (χ2n) is 6.72. The minimum atomic E-state index is -3.78. The van der Waals surface area contributed by atoms with Crippen molar-refractivity contribution in [2.45, 2.75) is 10.8 Å². The fourth-order valence-corrected chi connectivity index (χ4v) is 4.98. The molecule has 162 valence electrons. The van der Waals surface area contributed by atoms with Gasteiger partial charge in [0.15, 0.2) is 0 Å². The van der Waals surface area contributed by atoms with E-state index >= 15 is 0 Å². The van der Waals surface area contributed by atoms with Gasteiger partial charge in [-0.05, 0) is 53.4 Å². The van der Waals surface area contributed by atoms with Gasteiger partial charge in [0.1, 0.15) is 22.3 Å². The number of para-hydroxylation sites is 2. The van der Waals surface area contributed by atoms with E-state index in [1.165, 1.54) is 18.2 Å². The number of hydrogen-bond donors (Lipinski definition) is 1. The summed E-state index contributed by atoms with van der Waals surface area (Å²) in [5, 5.41) is 1.67. The zero-order valence-electron chi connectivity index (χ0n) is 16.8. The molecular formula is C24H19NO5S2. The highest BCUT2D eigenvalue weighted by Crippen LogP contribution is 2.25. The van der Waals surface area contributed by atoms with Crippen LogP contribution in [0.15, 0.2) is 101 Å². The molecule has 6 nitrogen and oxygen atoms in total. The van der Waals surface area contributed by atoms with E-state index in [1.54, 1.807) is 29.6 Å². The highest BCUT2D eigenvalue weighted by atomic mass is 32.2. The van der Waals surface area contributed by atoms with Crippen molar-refractivity contribution in [3.05, 3.63) is 108 Å². The van der Waals surface area contributed by atoms with Crippen molar-refractivity contribution in [1.29, 1.82) is 0 Å². The second kappa shape index (κ2) is 9.67. The van der Waals surface area contributed by atoms with Crippen LogP contribution >= 0.6 is 11.3 Å². The highest BCUT2D eigenvalue weighted by Gasteiger charge is 2.20. The fraction of sp³-hybridized carbons (Fsp3) is 0.0417. The van der Waals surface area contributed by atoms with Crippen molar-refractivity contribution in [2.75, 3.05) is 4.72 Å². The number of thiophene rings is 1. The molecule has 0 aliphatic carbocycles. The topological polar surface area (TPSA) is 81.7 Å². The molecule has 0 saturated carbocycles. The van der Waals surface area contributed by atoms with Gasteiger partial charge in [0.25, 0.3) is 10.0 Å². The van der Waals surface area contributed by atoms with Gasteiger partial charge in [-0.3, -0.25) is 4.72 Å². The number of benzene rings is 3. The Labute approximate surface area is 190 Å². The summed E-state index contributed by atoms with van der Waals surface area (Å²) < 4.78 is 38.9. The summed E-state index contributed by atoms with van der Waals surface area (Å²) in [6.45, 7) is 0.0107. The van der Waals surface area contributed by atoms with Crippen molar-refractivity contribution in [3.63, 3.8) is 0 Å². The van der Waals surface area contributed by atoms with E-state index in [9.17, 15) is 13.2 Å². The molecule has 0 fully saturated rings. The molecule has 0 amide bonds. The summed E-state index contributed by atoms with van der Waals surface area (Å²) >= 11 is 1.09. The van der Waals surface area contributed by atoms with E-state index in [0.717, 1.165) is 16.9 Å². The summed E-state index contributed by atoms with van der Waals surface area (Å²) in [7, 11) is -3.78. The normalized spacial score (nSPS) is 11.0. The van der Waals surface area contributed by atoms with Crippen LogP contribution in [0.5, 0.6) is 11.5 Å². The van der Waals surface area contributed by atoms with Gasteiger partial charge in [0.2, 0.25) is 0 Å². The van der Waals surface area contributed by atoms with Crippen molar-refractivity contribution < 1.29 is 22.7 Å². The zero-order chi connectivity index (χ0) is 22.4. The fourth-order valence-electron chi connectivity index (χ4n) is 2.91. The summed E-state index contributed by atoms with van der Waals surface area (Å²) in [6.07, 6.45) is 0. The van der Waals surface area contributed by atoms with Crippen LogP contribution in [0.1, 0.15) is 15.9 Å². The number of hydrogen-bond acceptors (Lipinski definition) is 6. The van der Waals surface area contributed by atoms with Gasteiger partial charge in [-0.25, -0.2) is 13.2 Å². The van der Waals surface area contributed by atoms with Crippen LogP contribution in [-0.2, 0) is 21.4 Å². The van der Waals surface area contributed by atoms with Gasteiger partial charge in [-0.15, -0.1) is 11.3 Å². The van der Waals surface area contributed by atoms with Gasteiger partial charge < -0.3 is 9.47 Å². The van der Waals surface area contributed by atoms with Crippen molar-refractivity contribution in [2.24, 2.45) is 0 Å². The Hall–Kier alpha value is -3.62. The average Bonchev–Trinajstić information content (AvgIpc) is 3.35. The first-order valence-electron chi connectivity index (χ1n) is 9.65. The lowest BCUT2D eigenvalue weighted by molar-refractivity contribution is 0.0473. The Morgan fingerprint density at radius 1 is 0.844 bits per heavy atom. The van der Waals surface area contributed by atoms with Crippen LogP contribution in [0.25, 0.3) is 0 Å². The molecule has 0 spiro atoms. The maximum atomic E-state index is 12.7. The average molecular weight is 466 g/mol. The lowest BCUT2D eigenvalue weighted by atomic mass is 10.2. The van der Waals surface area contributed by atoms with Crippen LogP contribution in [0.3, 0.4) is 0 Å². The van der Waals surface area contributed by atoms with Crippen LogP contribution in [-0.4, -0.2) is 14.4 Å². The maximum Gasteiger partial charge on any atom is 0.340 e. The Bertz CT molecular complexity index is 1300. The molecular weight excluding hydrogens is 446 g/mol. The van der Waals surface area contributed by atoms with Gasteiger partial charge in [-0.2, -0.15) is 0 Å². The molecule has 0 saturated heterocycles. The first-order chi connectivity index (χ1) is 15.5. The first kappa shape index (κ1) is 21.6. The lowest BCUT2D eigenvalue weighted by Crippen LogP contribution is -2.15. The van der Waals surface area contributed by atoms with E-state index in [0.29, 0.717) is 11.5 Å². The summed E-state index contributed by atoms with van der Waals surface area (Å²) in [6, 6.07) is 26.1. The van der Waals surface area contributed by atoms with Gasteiger partial charge in [0.05, 0.1) is 11.3 Å². The number of rotatable bonds is 8. The van der Waals surface area contributed by atoms with Crippen molar-refractivity contribution >= 4 is 33.0 Å². The predicted octanol–water partition coefficient (Wildman–Crippen LogP) is 5.70. The number of esters is 1. The molecule has 0 atom stereocenters. The maximum absolute atomic E-state index is 12.7. The monoisotopic (exact) mass is 465 g/mol. The molecule has 32 heavy (non-hydrogen) atoms. The Morgan fingerprint density at radius 3 is 2.38 bits per heavy atom. The number of carbonyl (C=O) groups is 1. The number of carbonyl (C=O) groups excluding carboxylic acids is 1. The minimum absolute atomic E-state index is 0.0107. The van der Waals surface area contributed by atoms with Crippen molar-refractivity contribution in [3.8, 4) is 11.5 Å². The largest absolute Gasteiger partial charge is 0.457 e. The zero-order valence-corrected chi connectivity index (χ0v) is 18.4. The molecule has 0 bridgehead atoms. The van der Waals surface area contributed by atoms with Gasteiger partial charge in [-0.1, -0.05) is 48.5 Å². The molecule has 1 heterocycles. The molecule has 8 heteroatoms. The van der Waals surface area contributed by atoms with Crippen molar-refractivity contribution in [1.82, 2.24) is 0 Å². The SMILES string of the molecule is O=C(OCc1cccc(Oc2ccccc2)c1)c1ccccc1NS(=O)(=O)c1cccs1. The highest BCUT2D eigenvalue weighted by molar-refractivity contribution is 7.94. The van der Waals surface area contributed by atoms with Gasteiger partial charge in [0, 0.05) is 0 Å². The third kappa shape index (κ3) is 5.35. The minimum Gasteiger partial charge on any atom is -0.457 e. The molecule has 1 N–H and O–H groups in total. The van der Waals surface area contributed by atoms with Crippen LogP contribution in [0.2, 0.25) is 0 Å². The number of sulfonamides is 1. The molecule has 4 aromatic rings. The van der Waals surface area contributed by atoms with E-state index in [-0.39, 0.29) is 22.1 Å². The third-order valence-electron chi connectivity index (χ3n) is 4.40. The van der Waals surface area contributed by atoms with Crippen LogP contribution in [0, 0.1) is 0 Å². The Balaban J connectivity index is 1.45. The van der Waals surface area contributed by atoms with Crippen LogP contribution < -0.4 is 9.46 Å². The smallest absolute Gasteiger partial charge is 0.340 e. The second-order valence-corrected chi connectivity index (χ2v) is 9.58. The van der Waals surface area contributed by atoms with E-state index in [2.05, 4.69) is 4.72 Å². The molecule has 0 aliphatic rings. The summed E-state index contributed by atoms with van der Waals surface area (Å²) in [4.78, 5) is 12.7. The molecule has 4 rings (SSSR count). The molecule has 3 aromatic carbocycles. The Kier molecular flexibility index (Phi) is 6.53. The van der Waals surface area contributed by atoms with E-state index in [1.807, 2.05) is 48.5 Å². The predicted molar refractivity (Wildman–Crippen MR) is 124 cm³/mol. The molecule has 0 radical (unpaired) electrons. The van der Waals surface area contributed by atoms with Crippen LogP contribution in [0.4, 0.5) is 5.69 Å². The summed E-state index contributed by atoms with van der Waals surface area (Å²) in [5.41, 5.74) is 1.03. The number of anilines is 1. The third-order valence-corrected chi connectivity index (χ3v) is 7.16. The quantitative estimate of drug-likeness (QED) is 0.338. The van der Waals surface area contributed by atoms with E-state index in [4.69, 9.17) is 9.47 Å². The lowest BCUT2D eigenvalue weighted by Gasteiger charge is -2.12. The first-order valence-corrected chi connectivity index (χ1v) is 12.0. The molecule has 0 aliphatic heterocycles. The number of nitrogens with one attached hydrogen (secondary N) is 1. The van der Waals surface area contributed by atoms with E-state index < -0.39 is 16.0 Å². The standard InChI is InChI=1S/C24H19NO5S2/c26-24(21-12-4-5-13-22(21)25-32(27,28)23-14-7-15-31-23)29-17-18-8-6-11-20(16-18)30-19-9-2-1-3-10-19/h1-16,25H,17H2. The Morgan fingerprint density at radius 2 is 1.59 bits per heavy atom. The molecule has 1 aromatic heterocycles. The number of ether oxygens (including phenoxy) is 2. The summed E-state index contributed by atoms with van der Waals surface area (Å²) in [5.74, 6) is 0.686.